The van der Waals surface area contributed by atoms with Gasteiger partial charge in [0.25, 0.3) is 5.56 Å². The summed E-state index contributed by atoms with van der Waals surface area (Å²) in [7, 11) is 4.31. The SMILES string of the molecule is Cc1cccc2c(=O)[nH]c(CSC3CCCC(CN(C)C)C3)nc12. The number of nitrogens with zero attached hydrogens (tertiary/aromatic N) is 2. The summed E-state index contributed by atoms with van der Waals surface area (Å²) in [6, 6.07) is 5.77. The first kappa shape index (κ1) is 17.5. The zero-order valence-electron chi connectivity index (χ0n) is 14.8. The molecule has 1 aromatic carbocycles. The Morgan fingerprint density at radius 3 is 2.96 bits per heavy atom. The van der Waals surface area contributed by atoms with E-state index in [1.807, 2.05) is 36.9 Å². The zero-order valence-corrected chi connectivity index (χ0v) is 15.7. The third-order valence-electron chi connectivity index (χ3n) is 4.80. The second kappa shape index (κ2) is 7.70. The summed E-state index contributed by atoms with van der Waals surface area (Å²) in [4.78, 5) is 22.2. The van der Waals surface area contributed by atoms with E-state index in [1.54, 1.807) is 0 Å². The van der Waals surface area contributed by atoms with Gasteiger partial charge in [-0.3, -0.25) is 4.79 Å². The Balaban J connectivity index is 1.67. The molecule has 3 rings (SSSR count). The van der Waals surface area contributed by atoms with Gasteiger partial charge in [-0.1, -0.05) is 18.6 Å². The molecule has 2 unspecified atom stereocenters. The molecule has 2 aromatic rings. The van der Waals surface area contributed by atoms with Crippen LogP contribution in [0.1, 0.15) is 37.1 Å². The maximum Gasteiger partial charge on any atom is 0.258 e. The molecule has 130 valence electrons. The van der Waals surface area contributed by atoms with Crippen molar-refractivity contribution >= 4 is 22.7 Å². The number of nitrogens with one attached hydrogen (secondary N) is 1. The summed E-state index contributed by atoms with van der Waals surface area (Å²) < 4.78 is 0. The number of hydrogen-bond acceptors (Lipinski definition) is 4. The van der Waals surface area contributed by atoms with Gasteiger partial charge in [0.2, 0.25) is 0 Å². The van der Waals surface area contributed by atoms with E-state index in [2.05, 4.69) is 24.0 Å². The normalized spacial score (nSPS) is 21.5. The quantitative estimate of drug-likeness (QED) is 0.900. The van der Waals surface area contributed by atoms with Gasteiger partial charge in [0.1, 0.15) is 5.82 Å². The van der Waals surface area contributed by atoms with Crippen LogP contribution in [0.3, 0.4) is 0 Å². The largest absolute Gasteiger partial charge is 0.309 e. The second-order valence-electron chi connectivity index (χ2n) is 7.21. The minimum atomic E-state index is -0.0200. The number of aromatic nitrogens is 2. The smallest absolute Gasteiger partial charge is 0.258 e. The van der Waals surface area contributed by atoms with Crippen LogP contribution in [0, 0.1) is 12.8 Å². The molecule has 1 aliphatic rings. The molecular formula is C19H27N3OS. The van der Waals surface area contributed by atoms with Gasteiger partial charge in [0.05, 0.1) is 16.7 Å². The fourth-order valence-electron chi connectivity index (χ4n) is 3.69. The fourth-order valence-corrected chi connectivity index (χ4v) is 4.96. The lowest BCUT2D eigenvalue weighted by molar-refractivity contribution is 0.268. The van der Waals surface area contributed by atoms with E-state index in [4.69, 9.17) is 4.98 Å². The van der Waals surface area contributed by atoms with Crippen molar-refractivity contribution in [3.63, 3.8) is 0 Å². The number of aromatic amines is 1. The Kier molecular flexibility index (Phi) is 5.61. The average Bonchev–Trinajstić information content (AvgIpc) is 2.54. The molecule has 0 amide bonds. The van der Waals surface area contributed by atoms with Crippen molar-refractivity contribution in [2.75, 3.05) is 20.6 Å². The lowest BCUT2D eigenvalue weighted by Gasteiger charge is -2.30. The van der Waals surface area contributed by atoms with E-state index in [1.165, 1.54) is 32.2 Å². The molecule has 1 N–H and O–H groups in total. The first-order valence-electron chi connectivity index (χ1n) is 8.78. The summed E-state index contributed by atoms with van der Waals surface area (Å²) in [5.74, 6) is 2.40. The molecule has 1 aromatic heterocycles. The minimum absolute atomic E-state index is 0.0200. The van der Waals surface area contributed by atoms with Gasteiger partial charge < -0.3 is 9.88 Å². The summed E-state index contributed by atoms with van der Waals surface area (Å²) in [5.41, 5.74) is 1.88. The van der Waals surface area contributed by atoms with Gasteiger partial charge in [0, 0.05) is 11.8 Å². The molecule has 1 heterocycles. The molecule has 0 radical (unpaired) electrons. The molecule has 24 heavy (non-hydrogen) atoms. The summed E-state index contributed by atoms with van der Waals surface area (Å²) in [6.45, 7) is 3.19. The molecule has 0 aliphatic heterocycles. The first-order chi connectivity index (χ1) is 11.5. The second-order valence-corrected chi connectivity index (χ2v) is 8.50. The lowest BCUT2D eigenvalue weighted by Crippen LogP contribution is -2.27. The average molecular weight is 346 g/mol. The van der Waals surface area contributed by atoms with E-state index in [-0.39, 0.29) is 5.56 Å². The number of H-pyrrole nitrogens is 1. The highest BCUT2D eigenvalue weighted by Crippen LogP contribution is 2.33. The van der Waals surface area contributed by atoms with E-state index < -0.39 is 0 Å². The molecule has 0 bridgehead atoms. The third kappa shape index (κ3) is 4.19. The number of benzene rings is 1. The Bertz CT molecular complexity index is 756. The van der Waals surface area contributed by atoms with Crippen LogP contribution < -0.4 is 5.56 Å². The molecule has 2 atom stereocenters. The maximum absolute atomic E-state index is 12.3. The van der Waals surface area contributed by atoms with Crippen LogP contribution >= 0.6 is 11.8 Å². The van der Waals surface area contributed by atoms with Gasteiger partial charge in [-0.25, -0.2) is 4.98 Å². The van der Waals surface area contributed by atoms with Crippen LogP contribution in [0.2, 0.25) is 0 Å². The molecule has 0 spiro atoms. The number of aryl methyl sites for hydroxylation is 1. The Hall–Kier alpha value is -1.33. The van der Waals surface area contributed by atoms with Crippen molar-refractivity contribution in [2.24, 2.45) is 5.92 Å². The molecule has 1 aliphatic carbocycles. The summed E-state index contributed by atoms with van der Waals surface area (Å²) >= 11 is 1.95. The summed E-state index contributed by atoms with van der Waals surface area (Å²) in [6.07, 6.45) is 5.22. The van der Waals surface area contributed by atoms with Crippen molar-refractivity contribution < 1.29 is 0 Å². The minimum Gasteiger partial charge on any atom is -0.309 e. The first-order valence-corrected chi connectivity index (χ1v) is 9.82. The number of rotatable bonds is 5. The topological polar surface area (TPSA) is 49.0 Å². The van der Waals surface area contributed by atoms with Crippen molar-refractivity contribution in [2.45, 2.75) is 43.6 Å². The summed E-state index contributed by atoms with van der Waals surface area (Å²) in [5, 5.41) is 1.37. The zero-order chi connectivity index (χ0) is 17.1. The van der Waals surface area contributed by atoms with Gasteiger partial charge >= 0.3 is 0 Å². The van der Waals surface area contributed by atoms with Gasteiger partial charge in [0.15, 0.2) is 0 Å². The molecular weight excluding hydrogens is 318 g/mol. The van der Waals surface area contributed by atoms with E-state index in [9.17, 15) is 4.79 Å². The lowest BCUT2D eigenvalue weighted by atomic mass is 9.88. The fraction of sp³-hybridized carbons (Fsp3) is 0.579. The number of thioether (sulfide) groups is 1. The van der Waals surface area contributed by atoms with Crippen molar-refractivity contribution in [3.8, 4) is 0 Å². The number of hydrogen-bond donors (Lipinski definition) is 1. The highest BCUT2D eigenvalue weighted by Gasteiger charge is 2.23. The van der Waals surface area contributed by atoms with Gasteiger partial charge in [-0.2, -0.15) is 11.8 Å². The molecule has 0 saturated heterocycles. The Morgan fingerprint density at radius 2 is 2.17 bits per heavy atom. The van der Waals surface area contributed by atoms with Crippen LogP contribution in [0.5, 0.6) is 0 Å². The number of fused-ring (bicyclic) bond motifs is 1. The van der Waals surface area contributed by atoms with Crippen LogP contribution in [0.4, 0.5) is 0 Å². The predicted octanol–water partition coefficient (Wildman–Crippen LogP) is 3.59. The monoisotopic (exact) mass is 345 g/mol. The van der Waals surface area contributed by atoms with Crippen LogP contribution in [-0.4, -0.2) is 40.8 Å². The molecule has 1 fully saturated rings. The van der Waals surface area contributed by atoms with Crippen molar-refractivity contribution in [1.29, 1.82) is 0 Å². The van der Waals surface area contributed by atoms with E-state index >= 15 is 0 Å². The van der Waals surface area contributed by atoms with Crippen molar-refractivity contribution in [1.82, 2.24) is 14.9 Å². The van der Waals surface area contributed by atoms with Crippen LogP contribution in [0.25, 0.3) is 10.9 Å². The van der Waals surface area contributed by atoms with Gasteiger partial charge in [-0.05, 0) is 57.8 Å². The third-order valence-corrected chi connectivity index (χ3v) is 6.14. The van der Waals surface area contributed by atoms with E-state index in [0.29, 0.717) is 10.6 Å². The highest BCUT2D eigenvalue weighted by atomic mass is 32.2. The van der Waals surface area contributed by atoms with Crippen LogP contribution in [0.15, 0.2) is 23.0 Å². The molecule has 5 heteroatoms. The van der Waals surface area contributed by atoms with Crippen molar-refractivity contribution in [3.05, 3.63) is 39.9 Å². The highest BCUT2D eigenvalue weighted by molar-refractivity contribution is 7.99. The maximum atomic E-state index is 12.3. The van der Waals surface area contributed by atoms with Crippen LogP contribution in [-0.2, 0) is 5.75 Å². The van der Waals surface area contributed by atoms with Gasteiger partial charge in [-0.15, -0.1) is 0 Å². The Morgan fingerprint density at radius 1 is 1.33 bits per heavy atom. The molecule has 1 saturated carbocycles. The number of para-hydroxylation sites is 1. The molecule has 4 nitrogen and oxygen atoms in total. The predicted molar refractivity (Wildman–Crippen MR) is 103 cm³/mol. The van der Waals surface area contributed by atoms with E-state index in [0.717, 1.165) is 28.6 Å². The standard InChI is InChI=1S/C19H27N3OS/c1-13-6-4-9-16-18(13)20-17(21-19(16)23)12-24-15-8-5-7-14(10-15)11-22(2)3/h4,6,9,14-15H,5,7-8,10-12H2,1-3H3,(H,20,21,23). The Labute approximate surface area is 148 Å².